The molecule has 0 amide bonds. The quantitative estimate of drug-likeness (QED) is 0.709. The first-order valence-corrected chi connectivity index (χ1v) is 6.64. The normalized spacial score (nSPS) is 10.8. The zero-order chi connectivity index (χ0) is 15.0. The number of tetrazole rings is 1. The van der Waals surface area contributed by atoms with Gasteiger partial charge in [-0.05, 0) is 53.2 Å². The summed E-state index contributed by atoms with van der Waals surface area (Å²) >= 11 is 6.16. The van der Waals surface area contributed by atoms with E-state index in [0.717, 1.165) is 16.8 Å². The van der Waals surface area contributed by atoms with Gasteiger partial charge in [-0.2, -0.15) is 4.68 Å². The molecule has 106 valence electrons. The lowest BCUT2D eigenvalue weighted by Crippen LogP contribution is -2.01. The van der Waals surface area contributed by atoms with Crippen LogP contribution in [0.25, 0.3) is 17.1 Å². The van der Waals surface area contributed by atoms with Gasteiger partial charge in [0, 0.05) is 22.0 Å². The molecule has 0 fully saturated rings. The first-order valence-electron chi connectivity index (χ1n) is 6.26. The smallest absolute Gasteiger partial charge is 0.187 e. The van der Waals surface area contributed by atoms with Gasteiger partial charge in [0.1, 0.15) is 0 Å². The molecule has 0 spiro atoms. The molecular formula is C14H13ClN6. The molecule has 21 heavy (non-hydrogen) atoms. The Hall–Kier alpha value is -2.60. The summed E-state index contributed by atoms with van der Waals surface area (Å²) in [5.41, 5.74) is 15.3. The summed E-state index contributed by atoms with van der Waals surface area (Å²) in [6.07, 6.45) is 0. The van der Waals surface area contributed by atoms with E-state index >= 15 is 0 Å². The van der Waals surface area contributed by atoms with Gasteiger partial charge in [0.05, 0.1) is 5.69 Å². The molecule has 1 aromatic heterocycles. The fourth-order valence-electron chi connectivity index (χ4n) is 2.06. The van der Waals surface area contributed by atoms with Crippen LogP contribution in [0, 0.1) is 6.92 Å². The molecule has 0 aliphatic heterocycles. The minimum atomic E-state index is 0.550. The molecule has 7 heteroatoms. The Morgan fingerprint density at radius 2 is 1.76 bits per heavy atom. The molecule has 0 aliphatic carbocycles. The third-order valence-corrected chi connectivity index (χ3v) is 3.51. The van der Waals surface area contributed by atoms with Crippen LogP contribution in [0.3, 0.4) is 0 Å². The Morgan fingerprint density at radius 3 is 2.43 bits per heavy atom. The maximum atomic E-state index is 6.16. The third-order valence-electron chi connectivity index (χ3n) is 3.11. The van der Waals surface area contributed by atoms with E-state index in [2.05, 4.69) is 15.5 Å². The maximum absolute atomic E-state index is 6.16. The lowest BCUT2D eigenvalue weighted by atomic mass is 10.1. The second-order valence-electron chi connectivity index (χ2n) is 4.74. The van der Waals surface area contributed by atoms with Gasteiger partial charge in [-0.3, -0.25) is 0 Å². The standard InChI is InChI=1S/C14H13ClN6/c1-8-2-3-12(7-13(8)15)21-14(18-19-20-21)9-4-10(16)6-11(17)5-9/h2-7H,16-17H2,1H3. The minimum Gasteiger partial charge on any atom is -0.399 e. The number of benzene rings is 2. The molecule has 0 saturated heterocycles. The highest BCUT2D eigenvalue weighted by atomic mass is 35.5. The number of anilines is 2. The second kappa shape index (κ2) is 5.06. The fraction of sp³-hybridized carbons (Fsp3) is 0.0714. The SMILES string of the molecule is Cc1ccc(-n2nnnc2-c2cc(N)cc(N)c2)cc1Cl. The number of nitrogens with two attached hydrogens (primary N) is 2. The van der Waals surface area contributed by atoms with Crippen LogP contribution in [-0.2, 0) is 0 Å². The highest BCUT2D eigenvalue weighted by Gasteiger charge is 2.12. The van der Waals surface area contributed by atoms with Gasteiger partial charge < -0.3 is 11.5 Å². The second-order valence-corrected chi connectivity index (χ2v) is 5.14. The molecule has 0 saturated carbocycles. The van der Waals surface area contributed by atoms with Crippen molar-refractivity contribution in [3.05, 3.63) is 47.0 Å². The zero-order valence-electron chi connectivity index (χ0n) is 11.3. The van der Waals surface area contributed by atoms with E-state index in [9.17, 15) is 0 Å². The van der Waals surface area contributed by atoms with Crippen LogP contribution in [0.15, 0.2) is 36.4 Å². The summed E-state index contributed by atoms with van der Waals surface area (Å²) in [5, 5.41) is 12.4. The predicted octanol–water partition coefficient (Wildman–Crippen LogP) is 2.46. The molecule has 0 atom stereocenters. The van der Waals surface area contributed by atoms with E-state index in [4.69, 9.17) is 23.1 Å². The van der Waals surface area contributed by atoms with Crippen molar-refractivity contribution in [1.29, 1.82) is 0 Å². The minimum absolute atomic E-state index is 0.550. The summed E-state index contributed by atoms with van der Waals surface area (Å²) in [5.74, 6) is 0.550. The van der Waals surface area contributed by atoms with Crippen LogP contribution < -0.4 is 11.5 Å². The van der Waals surface area contributed by atoms with Crippen LogP contribution >= 0.6 is 11.6 Å². The fourth-order valence-corrected chi connectivity index (χ4v) is 2.23. The van der Waals surface area contributed by atoms with Crippen molar-refractivity contribution in [2.45, 2.75) is 6.92 Å². The third kappa shape index (κ3) is 2.53. The Morgan fingerprint density at radius 1 is 1.05 bits per heavy atom. The van der Waals surface area contributed by atoms with E-state index < -0.39 is 0 Å². The van der Waals surface area contributed by atoms with Crippen molar-refractivity contribution in [1.82, 2.24) is 20.2 Å². The van der Waals surface area contributed by atoms with Crippen molar-refractivity contribution in [2.75, 3.05) is 11.5 Å². The van der Waals surface area contributed by atoms with E-state index in [0.29, 0.717) is 22.2 Å². The Bertz CT molecular complexity index is 791. The number of aryl methyl sites for hydroxylation is 1. The number of nitrogen functional groups attached to an aromatic ring is 2. The van der Waals surface area contributed by atoms with Gasteiger partial charge >= 0.3 is 0 Å². The van der Waals surface area contributed by atoms with E-state index in [-0.39, 0.29) is 0 Å². The van der Waals surface area contributed by atoms with E-state index in [1.165, 1.54) is 0 Å². The zero-order valence-corrected chi connectivity index (χ0v) is 12.0. The Balaban J connectivity index is 2.14. The molecule has 1 heterocycles. The number of aromatic nitrogens is 4. The summed E-state index contributed by atoms with van der Waals surface area (Å²) < 4.78 is 1.60. The number of nitrogens with zero attached hydrogens (tertiary/aromatic N) is 4. The van der Waals surface area contributed by atoms with Gasteiger partial charge in [-0.15, -0.1) is 5.10 Å². The average molecular weight is 301 g/mol. The van der Waals surface area contributed by atoms with Crippen LogP contribution in [0.4, 0.5) is 11.4 Å². The molecule has 2 aromatic carbocycles. The summed E-state index contributed by atoms with van der Waals surface area (Å²) in [7, 11) is 0. The summed E-state index contributed by atoms with van der Waals surface area (Å²) in [4.78, 5) is 0. The molecule has 0 unspecified atom stereocenters. The van der Waals surface area contributed by atoms with Crippen LogP contribution in [0.2, 0.25) is 5.02 Å². The first-order chi connectivity index (χ1) is 10.0. The van der Waals surface area contributed by atoms with Crippen molar-refractivity contribution in [2.24, 2.45) is 0 Å². The molecule has 0 aliphatic rings. The van der Waals surface area contributed by atoms with Crippen molar-refractivity contribution >= 4 is 23.0 Å². The first kappa shape index (κ1) is 13.4. The molecule has 6 nitrogen and oxygen atoms in total. The largest absolute Gasteiger partial charge is 0.399 e. The van der Waals surface area contributed by atoms with Crippen LogP contribution in [0.5, 0.6) is 0 Å². The van der Waals surface area contributed by atoms with Crippen molar-refractivity contribution in [3.8, 4) is 17.1 Å². The summed E-state index contributed by atoms with van der Waals surface area (Å²) in [6, 6.07) is 10.9. The van der Waals surface area contributed by atoms with E-state index in [1.54, 1.807) is 22.9 Å². The molecule has 0 bridgehead atoms. The highest BCUT2D eigenvalue weighted by molar-refractivity contribution is 6.31. The number of hydrogen-bond donors (Lipinski definition) is 2. The van der Waals surface area contributed by atoms with Gasteiger partial charge in [-0.1, -0.05) is 17.7 Å². The monoisotopic (exact) mass is 300 g/mol. The molecular weight excluding hydrogens is 288 g/mol. The molecule has 3 rings (SSSR count). The Labute approximate surface area is 126 Å². The molecule has 0 radical (unpaired) electrons. The average Bonchev–Trinajstić information content (AvgIpc) is 2.90. The van der Waals surface area contributed by atoms with Gasteiger partial charge in [-0.25, -0.2) is 0 Å². The topological polar surface area (TPSA) is 95.6 Å². The van der Waals surface area contributed by atoms with Crippen molar-refractivity contribution in [3.63, 3.8) is 0 Å². The summed E-state index contributed by atoms with van der Waals surface area (Å²) in [6.45, 7) is 1.94. The van der Waals surface area contributed by atoms with Crippen LogP contribution in [-0.4, -0.2) is 20.2 Å². The van der Waals surface area contributed by atoms with Gasteiger partial charge in [0.25, 0.3) is 0 Å². The van der Waals surface area contributed by atoms with Crippen LogP contribution in [0.1, 0.15) is 5.56 Å². The van der Waals surface area contributed by atoms with Crippen molar-refractivity contribution < 1.29 is 0 Å². The van der Waals surface area contributed by atoms with E-state index in [1.807, 2.05) is 25.1 Å². The number of halogens is 1. The molecule has 3 aromatic rings. The highest BCUT2D eigenvalue weighted by Crippen LogP contribution is 2.26. The maximum Gasteiger partial charge on any atom is 0.187 e. The Kier molecular flexibility index (Phi) is 3.23. The lowest BCUT2D eigenvalue weighted by Gasteiger charge is -2.07. The number of rotatable bonds is 2. The predicted molar refractivity (Wildman–Crippen MR) is 83.2 cm³/mol. The lowest BCUT2D eigenvalue weighted by molar-refractivity contribution is 0.791. The van der Waals surface area contributed by atoms with Gasteiger partial charge in [0.15, 0.2) is 5.82 Å². The molecule has 4 N–H and O–H groups in total. The van der Waals surface area contributed by atoms with Gasteiger partial charge in [0.2, 0.25) is 0 Å². The number of hydrogen-bond acceptors (Lipinski definition) is 5.